The van der Waals surface area contributed by atoms with Crippen molar-refractivity contribution in [3.63, 3.8) is 0 Å². The molecule has 1 aliphatic heterocycles. The van der Waals surface area contributed by atoms with Crippen LogP contribution in [0.15, 0.2) is 35.6 Å². The van der Waals surface area contributed by atoms with Crippen LogP contribution >= 0.6 is 0 Å². The van der Waals surface area contributed by atoms with Gasteiger partial charge in [-0.15, -0.1) is 0 Å². The van der Waals surface area contributed by atoms with E-state index >= 15 is 0 Å². The Bertz CT molecular complexity index is 291. The number of nitrogens with two attached hydrogens (primary N) is 1. The Kier molecular flexibility index (Phi) is 2.20. The number of aliphatic hydroxyl groups excluding tert-OH is 1. The van der Waals surface area contributed by atoms with E-state index in [1.165, 1.54) is 0 Å². The summed E-state index contributed by atoms with van der Waals surface area (Å²) in [5.41, 5.74) is 7.60. The molecule has 2 aliphatic rings. The van der Waals surface area contributed by atoms with Crippen molar-refractivity contribution in [2.75, 3.05) is 13.2 Å². The van der Waals surface area contributed by atoms with E-state index in [1.54, 1.807) is 0 Å². The van der Waals surface area contributed by atoms with Gasteiger partial charge in [0, 0.05) is 18.2 Å². The molecule has 70 valence electrons. The van der Waals surface area contributed by atoms with Crippen LogP contribution < -0.4 is 11.1 Å². The molecule has 2 unspecified atom stereocenters. The zero-order chi connectivity index (χ0) is 9.26. The Morgan fingerprint density at radius 2 is 2.31 bits per heavy atom. The highest BCUT2D eigenvalue weighted by atomic mass is 16.3. The lowest BCUT2D eigenvalue weighted by atomic mass is 9.94. The molecule has 0 saturated heterocycles. The Morgan fingerprint density at radius 1 is 1.46 bits per heavy atom. The lowest BCUT2D eigenvalue weighted by molar-refractivity contribution is 0.322. The zero-order valence-corrected chi connectivity index (χ0v) is 7.40. The van der Waals surface area contributed by atoms with Crippen LogP contribution in [0.25, 0.3) is 0 Å². The van der Waals surface area contributed by atoms with E-state index in [4.69, 9.17) is 10.8 Å². The molecule has 0 aromatic rings. The first-order valence-electron chi connectivity index (χ1n) is 4.50. The Labute approximate surface area is 77.6 Å². The molecule has 0 aromatic heterocycles. The lowest BCUT2D eigenvalue weighted by Crippen LogP contribution is -2.29. The maximum Gasteiger partial charge on any atom is 0.0824 e. The molecule has 0 spiro atoms. The summed E-state index contributed by atoms with van der Waals surface area (Å²) in [5.74, 6) is 0.387. The summed E-state index contributed by atoms with van der Waals surface area (Å²) >= 11 is 0. The summed E-state index contributed by atoms with van der Waals surface area (Å²) in [4.78, 5) is 0. The van der Waals surface area contributed by atoms with Gasteiger partial charge in [-0.2, -0.15) is 0 Å². The lowest BCUT2D eigenvalue weighted by Gasteiger charge is -2.18. The molecule has 0 amide bonds. The standard InChI is InChI=1S/C10H14N2O/c11-5-7-1-2-8-4-9(6-13)12-10(8)3-7/h1-4,8,10,12-13H,5-6,11H2. The van der Waals surface area contributed by atoms with E-state index < -0.39 is 0 Å². The molecule has 1 heterocycles. The third kappa shape index (κ3) is 1.53. The first-order valence-corrected chi connectivity index (χ1v) is 4.50. The fourth-order valence-electron chi connectivity index (χ4n) is 1.78. The van der Waals surface area contributed by atoms with Gasteiger partial charge in [-0.3, -0.25) is 0 Å². The molecule has 0 bridgehead atoms. The molecule has 13 heavy (non-hydrogen) atoms. The summed E-state index contributed by atoms with van der Waals surface area (Å²) in [6.45, 7) is 0.669. The van der Waals surface area contributed by atoms with Crippen LogP contribution in [-0.2, 0) is 0 Å². The second kappa shape index (κ2) is 3.36. The van der Waals surface area contributed by atoms with Crippen molar-refractivity contribution in [2.24, 2.45) is 11.7 Å². The second-order valence-electron chi connectivity index (χ2n) is 3.40. The van der Waals surface area contributed by atoms with Gasteiger partial charge in [0.1, 0.15) is 0 Å². The Hall–Kier alpha value is -1.06. The fourth-order valence-corrected chi connectivity index (χ4v) is 1.78. The predicted octanol–water partition coefficient (Wildman–Crippen LogP) is -0.0945. The number of hydrogen-bond acceptors (Lipinski definition) is 3. The molecule has 3 heteroatoms. The van der Waals surface area contributed by atoms with Crippen LogP contribution in [0.3, 0.4) is 0 Å². The predicted molar refractivity (Wildman–Crippen MR) is 51.9 cm³/mol. The Morgan fingerprint density at radius 3 is 3.00 bits per heavy atom. The van der Waals surface area contributed by atoms with E-state index in [1.807, 2.05) is 0 Å². The maximum atomic E-state index is 8.94. The van der Waals surface area contributed by atoms with E-state index in [9.17, 15) is 0 Å². The number of fused-ring (bicyclic) bond motifs is 1. The van der Waals surface area contributed by atoms with Crippen LogP contribution in [0.4, 0.5) is 0 Å². The topological polar surface area (TPSA) is 58.3 Å². The van der Waals surface area contributed by atoms with Crippen molar-refractivity contribution in [1.82, 2.24) is 5.32 Å². The first-order chi connectivity index (χ1) is 6.33. The average molecular weight is 178 g/mol. The SMILES string of the molecule is NCC1=CC2NC(CO)=CC2C=C1. The average Bonchev–Trinajstić information content (AvgIpc) is 2.58. The van der Waals surface area contributed by atoms with Crippen molar-refractivity contribution in [1.29, 1.82) is 0 Å². The van der Waals surface area contributed by atoms with E-state index in [-0.39, 0.29) is 6.61 Å². The van der Waals surface area contributed by atoms with Crippen LogP contribution in [-0.4, -0.2) is 24.3 Å². The first kappa shape index (κ1) is 8.53. The molecular weight excluding hydrogens is 164 g/mol. The van der Waals surface area contributed by atoms with Gasteiger partial charge in [0.05, 0.1) is 12.6 Å². The molecule has 0 aromatic carbocycles. The highest BCUT2D eigenvalue weighted by Gasteiger charge is 2.24. The summed E-state index contributed by atoms with van der Waals surface area (Å²) < 4.78 is 0. The number of aliphatic hydroxyl groups is 1. The smallest absolute Gasteiger partial charge is 0.0824 e. The van der Waals surface area contributed by atoms with Gasteiger partial charge in [-0.25, -0.2) is 0 Å². The quantitative estimate of drug-likeness (QED) is 0.553. The summed E-state index contributed by atoms with van der Waals surface area (Å²) in [6, 6.07) is 0.297. The molecule has 0 fully saturated rings. The van der Waals surface area contributed by atoms with Crippen LogP contribution in [0.5, 0.6) is 0 Å². The largest absolute Gasteiger partial charge is 0.390 e. The summed E-state index contributed by atoms with van der Waals surface area (Å²) in [7, 11) is 0. The molecule has 1 aliphatic carbocycles. The minimum atomic E-state index is 0.0899. The summed E-state index contributed by atoms with van der Waals surface area (Å²) in [6.07, 6.45) is 8.37. The molecule has 2 atom stereocenters. The van der Waals surface area contributed by atoms with Crippen molar-refractivity contribution >= 4 is 0 Å². The molecular formula is C10H14N2O. The molecule has 0 radical (unpaired) electrons. The summed E-state index contributed by atoms with van der Waals surface area (Å²) in [5, 5.41) is 12.2. The van der Waals surface area contributed by atoms with E-state index in [0.717, 1.165) is 11.3 Å². The van der Waals surface area contributed by atoms with Gasteiger partial charge < -0.3 is 16.2 Å². The normalized spacial score (nSPS) is 30.6. The maximum absolute atomic E-state index is 8.94. The van der Waals surface area contributed by atoms with Crippen molar-refractivity contribution in [3.8, 4) is 0 Å². The minimum absolute atomic E-state index is 0.0899. The van der Waals surface area contributed by atoms with E-state index in [0.29, 0.717) is 18.5 Å². The van der Waals surface area contributed by atoms with Crippen molar-refractivity contribution in [2.45, 2.75) is 6.04 Å². The monoisotopic (exact) mass is 178 g/mol. The van der Waals surface area contributed by atoms with Gasteiger partial charge in [-0.1, -0.05) is 24.3 Å². The number of rotatable bonds is 2. The molecule has 2 rings (SSSR count). The second-order valence-corrected chi connectivity index (χ2v) is 3.40. The van der Waals surface area contributed by atoms with E-state index in [2.05, 4.69) is 29.6 Å². The van der Waals surface area contributed by atoms with Crippen molar-refractivity contribution < 1.29 is 5.11 Å². The highest BCUT2D eigenvalue weighted by Crippen LogP contribution is 2.24. The number of hydrogen-bond donors (Lipinski definition) is 3. The number of nitrogens with one attached hydrogen (secondary N) is 1. The zero-order valence-electron chi connectivity index (χ0n) is 7.40. The fraction of sp³-hybridized carbons (Fsp3) is 0.400. The van der Waals surface area contributed by atoms with Gasteiger partial charge in [0.15, 0.2) is 0 Å². The Balaban J connectivity index is 2.13. The van der Waals surface area contributed by atoms with Gasteiger partial charge in [-0.05, 0) is 5.57 Å². The molecule has 4 N–H and O–H groups in total. The van der Waals surface area contributed by atoms with Crippen LogP contribution in [0.1, 0.15) is 0 Å². The van der Waals surface area contributed by atoms with Gasteiger partial charge >= 0.3 is 0 Å². The van der Waals surface area contributed by atoms with Gasteiger partial charge in [0.2, 0.25) is 0 Å². The third-order valence-electron chi connectivity index (χ3n) is 2.49. The highest BCUT2D eigenvalue weighted by molar-refractivity contribution is 5.35. The van der Waals surface area contributed by atoms with Crippen LogP contribution in [0, 0.1) is 5.92 Å². The van der Waals surface area contributed by atoms with Gasteiger partial charge in [0.25, 0.3) is 0 Å². The van der Waals surface area contributed by atoms with Crippen LogP contribution in [0.2, 0.25) is 0 Å². The van der Waals surface area contributed by atoms with Crippen molar-refractivity contribution in [3.05, 3.63) is 35.6 Å². The minimum Gasteiger partial charge on any atom is -0.390 e. The third-order valence-corrected chi connectivity index (χ3v) is 2.49. The molecule has 0 saturated carbocycles. The molecule has 3 nitrogen and oxygen atoms in total.